The number of fused-ring (bicyclic) bond motifs is 3. The van der Waals surface area contributed by atoms with E-state index in [1.165, 1.54) is 23.3 Å². The van der Waals surface area contributed by atoms with Crippen LogP contribution >= 0.6 is 11.3 Å². The molecule has 0 radical (unpaired) electrons. The molecule has 1 amide bonds. The van der Waals surface area contributed by atoms with E-state index >= 15 is 0 Å². The van der Waals surface area contributed by atoms with Gasteiger partial charge in [-0.2, -0.15) is 0 Å². The Morgan fingerprint density at radius 3 is 2.81 bits per heavy atom. The van der Waals surface area contributed by atoms with E-state index < -0.39 is 0 Å². The Morgan fingerprint density at radius 1 is 1.26 bits per heavy atom. The molecule has 0 saturated heterocycles. The molecule has 140 valence electrons. The Balaban J connectivity index is 1.85. The van der Waals surface area contributed by atoms with Crippen LogP contribution in [-0.4, -0.2) is 45.9 Å². The first-order valence-electron chi connectivity index (χ1n) is 9.25. The van der Waals surface area contributed by atoms with Crippen molar-refractivity contribution >= 4 is 33.3 Å². The highest BCUT2D eigenvalue weighted by atomic mass is 32.1. The number of aromatic nitrogens is 3. The average molecular weight is 382 g/mol. The fourth-order valence-corrected chi connectivity index (χ4v) is 4.80. The maximum atomic E-state index is 12.4. The zero-order valence-electron chi connectivity index (χ0n) is 15.8. The highest BCUT2D eigenvalue weighted by Gasteiger charge is 2.24. The van der Waals surface area contributed by atoms with E-state index in [1.807, 2.05) is 19.1 Å². The van der Waals surface area contributed by atoms with Crippen LogP contribution in [0.2, 0.25) is 0 Å². The first-order chi connectivity index (χ1) is 13.0. The summed E-state index contributed by atoms with van der Waals surface area (Å²) >= 11 is 1.76. The van der Waals surface area contributed by atoms with Crippen molar-refractivity contribution in [2.75, 3.05) is 19.4 Å². The summed E-state index contributed by atoms with van der Waals surface area (Å²) in [4.78, 5) is 30.2. The monoisotopic (exact) mass is 381 g/mol. The van der Waals surface area contributed by atoms with Crippen molar-refractivity contribution in [3.05, 3.63) is 35.0 Å². The van der Waals surface area contributed by atoms with E-state index in [0.717, 1.165) is 34.4 Å². The molecule has 27 heavy (non-hydrogen) atoms. The second kappa shape index (κ2) is 7.23. The summed E-state index contributed by atoms with van der Waals surface area (Å²) in [5.41, 5.74) is 2.23. The zero-order chi connectivity index (χ0) is 19.0. The van der Waals surface area contributed by atoms with Gasteiger partial charge in [-0.05, 0) is 50.3 Å². The Bertz CT molecular complexity index is 983. The Hall–Kier alpha value is -2.54. The molecule has 0 unspecified atom stereocenters. The van der Waals surface area contributed by atoms with Crippen LogP contribution in [0.15, 0.2) is 24.5 Å². The quantitative estimate of drug-likeness (QED) is 0.749. The van der Waals surface area contributed by atoms with E-state index in [4.69, 9.17) is 9.97 Å². The maximum absolute atomic E-state index is 12.4. The molecule has 3 aromatic heterocycles. The van der Waals surface area contributed by atoms with Crippen LogP contribution in [0.3, 0.4) is 0 Å². The average Bonchev–Trinajstić information content (AvgIpc) is 3.06. The molecule has 0 spiro atoms. The number of amides is 1. The fraction of sp³-hybridized carbons (Fsp3) is 0.400. The minimum Gasteiger partial charge on any atom is -0.358 e. The first-order valence-corrected chi connectivity index (χ1v) is 10.1. The molecule has 1 aliphatic rings. The normalized spacial score (nSPS) is 14.6. The lowest BCUT2D eigenvalue weighted by Gasteiger charge is -2.20. The molecule has 0 saturated carbocycles. The molecule has 7 heteroatoms. The molecule has 3 aromatic rings. The second-order valence-electron chi connectivity index (χ2n) is 7.13. The van der Waals surface area contributed by atoms with Gasteiger partial charge in [0.1, 0.15) is 16.7 Å². The van der Waals surface area contributed by atoms with Crippen LogP contribution < -0.4 is 5.32 Å². The molecule has 0 bridgehead atoms. The number of nitrogens with one attached hydrogen (secondary N) is 1. The first kappa shape index (κ1) is 17.9. The summed E-state index contributed by atoms with van der Waals surface area (Å²) in [6.45, 7) is 1.87. The molecular formula is C20H23N5OS. The van der Waals surface area contributed by atoms with Crippen LogP contribution in [0, 0.1) is 0 Å². The third-order valence-electron chi connectivity index (χ3n) is 4.90. The maximum Gasteiger partial charge on any atom is 0.244 e. The molecule has 0 fully saturated rings. The predicted molar refractivity (Wildman–Crippen MR) is 109 cm³/mol. The molecule has 1 atom stereocenters. The number of carbonyl (C=O) groups is 1. The van der Waals surface area contributed by atoms with Gasteiger partial charge in [0.15, 0.2) is 5.82 Å². The van der Waals surface area contributed by atoms with Crippen LogP contribution in [0.25, 0.3) is 21.6 Å². The number of hydrogen-bond acceptors (Lipinski definition) is 6. The standard InChI is InChI=1S/C20H23N5OS/c1-12(20(26)25(2)3)22-18-16-14-8-4-5-9-15(14)27-19(16)24-17(23-18)13-7-6-10-21-11-13/h6-7,10-12H,4-5,8-9H2,1-3H3,(H,22,23,24)/t12-/m0/s1. The van der Waals surface area contributed by atoms with Gasteiger partial charge >= 0.3 is 0 Å². The van der Waals surface area contributed by atoms with E-state index in [0.29, 0.717) is 5.82 Å². The van der Waals surface area contributed by atoms with Crippen molar-refractivity contribution in [3.63, 3.8) is 0 Å². The van der Waals surface area contributed by atoms with Crippen LogP contribution in [-0.2, 0) is 17.6 Å². The smallest absolute Gasteiger partial charge is 0.244 e. The van der Waals surface area contributed by atoms with Gasteiger partial charge in [0, 0.05) is 36.9 Å². The van der Waals surface area contributed by atoms with Crippen LogP contribution in [0.5, 0.6) is 0 Å². The summed E-state index contributed by atoms with van der Waals surface area (Å²) in [7, 11) is 3.53. The van der Waals surface area contributed by atoms with E-state index in [9.17, 15) is 4.79 Å². The fourth-order valence-electron chi connectivity index (χ4n) is 3.54. The van der Waals surface area contributed by atoms with Gasteiger partial charge in [-0.15, -0.1) is 11.3 Å². The Kier molecular flexibility index (Phi) is 4.78. The Morgan fingerprint density at radius 2 is 2.07 bits per heavy atom. The van der Waals surface area contributed by atoms with Gasteiger partial charge in [-0.1, -0.05) is 0 Å². The summed E-state index contributed by atoms with van der Waals surface area (Å²) < 4.78 is 0. The molecule has 4 rings (SSSR count). The minimum atomic E-state index is -0.362. The molecule has 0 aromatic carbocycles. The van der Waals surface area contributed by atoms with E-state index in [-0.39, 0.29) is 11.9 Å². The van der Waals surface area contributed by atoms with Gasteiger partial charge < -0.3 is 10.2 Å². The highest BCUT2D eigenvalue weighted by Crippen LogP contribution is 2.39. The van der Waals surface area contributed by atoms with E-state index in [2.05, 4.69) is 10.3 Å². The lowest BCUT2D eigenvalue weighted by atomic mass is 9.97. The number of aryl methyl sites for hydroxylation is 2. The molecule has 1 N–H and O–H groups in total. The number of likely N-dealkylation sites (N-methyl/N-ethyl adjacent to an activating group) is 1. The lowest BCUT2D eigenvalue weighted by Crippen LogP contribution is -2.37. The summed E-state index contributed by atoms with van der Waals surface area (Å²) in [6.07, 6.45) is 8.07. The van der Waals surface area contributed by atoms with Crippen molar-refractivity contribution in [1.82, 2.24) is 19.9 Å². The minimum absolute atomic E-state index is 0.0220. The number of thiophene rings is 1. The van der Waals surface area contributed by atoms with Gasteiger partial charge in [-0.25, -0.2) is 9.97 Å². The summed E-state index contributed by atoms with van der Waals surface area (Å²) in [5.74, 6) is 1.41. The molecule has 6 nitrogen and oxygen atoms in total. The predicted octanol–water partition coefficient (Wildman–Crippen LogP) is 3.52. The number of pyridine rings is 1. The topological polar surface area (TPSA) is 71.0 Å². The van der Waals surface area contributed by atoms with Crippen LogP contribution in [0.4, 0.5) is 5.82 Å². The number of rotatable bonds is 4. The second-order valence-corrected chi connectivity index (χ2v) is 8.21. The van der Waals surface area contributed by atoms with Crippen molar-refractivity contribution in [1.29, 1.82) is 0 Å². The van der Waals surface area contributed by atoms with Crippen molar-refractivity contribution < 1.29 is 4.79 Å². The third-order valence-corrected chi connectivity index (χ3v) is 6.08. The molecular weight excluding hydrogens is 358 g/mol. The SMILES string of the molecule is C[C@H](Nc1nc(-c2cccnc2)nc2sc3c(c12)CCCC3)C(=O)N(C)C. The Labute approximate surface area is 162 Å². The van der Waals surface area contributed by atoms with Crippen molar-refractivity contribution in [3.8, 4) is 11.4 Å². The lowest BCUT2D eigenvalue weighted by molar-refractivity contribution is -0.129. The number of hydrogen-bond donors (Lipinski definition) is 1. The van der Waals surface area contributed by atoms with Crippen molar-refractivity contribution in [2.24, 2.45) is 0 Å². The summed E-state index contributed by atoms with van der Waals surface area (Å²) in [6, 6.07) is 3.48. The molecule has 0 aliphatic heterocycles. The van der Waals surface area contributed by atoms with Gasteiger partial charge in [0.05, 0.1) is 5.39 Å². The number of nitrogens with zero attached hydrogens (tertiary/aromatic N) is 4. The van der Waals surface area contributed by atoms with Crippen LogP contribution in [0.1, 0.15) is 30.2 Å². The zero-order valence-corrected chi connectivity index (χ0v) is 16.6. The number of anilines is 1. The van der Waals surface area contributed by atoms with Gasteiger partial charge in [0.2, 0.25) is 5.91 Å². The molecule has 1 aliphatic carbocycles. The highest BCUT2D eigenvalue weighted by molar-refractivity contribution is 7.19. The van der Waals surface area contributed by atoms with E-state index in [1.54, 1.807) is 42.7 Å². The third kappa shape index (κ3) is 3.39. The summed E-state index contributed by atoms with van der Waals surface area (Å²) in [5, 5.41) is 4.44. The van der Waals surface area contributed by atoms with Crippen molar-refractivity contribution in [2.45, 2.75) is 38.6 Å². The van der Waals surface area contributed by atoms with Gasteiger partial charge in [-0.3, -0.25) is 9.78 Å². The number of carbonyl (C=O) groups excluding carboxylic acids is 1. The molecule has 3 heterocycles. The van der Waals surface area contributed by atoms with Gasteiger partial charge in [0.25, 0.3) is 0 Å². The largest absolute Gasteiger partial charge is 0.358 e.